The molecule has 50 valence electrons. The molecule has 0 bridgehead atoms. The molecule has 0 aromatic carbocycles. The molecule has 0 aliphatic carbocycles. The summed E-state index contributed by atoms with van der Waals surface area (Å²) in [5.41, 5.74) is 0. The molecular formula is C5H9N3O. The largest absolute Gasteiger partial charge is 0.390 e. The van der Waals surface area contributed by atoms with Gasteiger partial charge in [0.05, 0.1) is 18.1 Å². The zero-order valence-corrected chi connectivity index (χ0v) is 4.99. The van der Waals surface area contributed by atoms with Crippen molar-refractivity contribution in [1.82, 2.24) is 5.01 Å². The van der Waals surface area contributed by atoms with Gasteiger partial charge >= 0.3 is 0 Å². The van der Waals surface area contributed by atoms with Gasteiger partial charge in [-0.1, -0.05) is 0 Å². The number of nitrogens with two attached hydrogens (primary N) is 1. The molecule has 1 saturated heterocycles. The molecular weight excluding hydrogens is 118 g/mol. The van der Waals surface area contributed by atoms with Crippen LogP contribution in [-0.2, 0) is 0 Å². The van der Waals surface area contributed by atoms with E-state index < -0.39 is 6.10 Å². The van der Waals surface area contributed by atoms with E-state index in [-0.39, 0.29) is 5.92 Å². The topological polar surface area (TPSA) is 73.3 Å². The summed E-state index contributed by atoms with van der Waals surface area (Å²) >= 11 is 0. The van der Waals surface area contributed by atoms with E-state index in [1.807, 2.05) is 6.07 Å². The van der Waals surface area contributed by atoms with Crippen molar-refractivity contribution in [2.24, 2.45) is 11.8 Å². The number of nitriles is 1. The summed E-state index contributed by atoms with van der Waals surface area (Å²) in [6.07, 6.45) is -0.556. The Bertz CT molecular complexity index is 142. The van der Waals surface area contributed by atoms with Crippen LogP contribution in [0.5, 0.6) is 0 Å². The van der Waals surface area contributed by atoms with Crippen LogP contribution in [0.15, 0.2) is 0 Å². The van der Waals surface area contributed by atoms with Gasteiger partial charge in [0.15, 0.2) is 0 Å². The second kappa shape index (κ2) is 2.31. The van der Waals surface area contributed by atoms with Crippen LogP contribution >= 0.6 is 0 Å². The molecule has 2 atom stereocenters. The lowest BCUT2D eigenvalue weighted by atomic mass is 10.1. The van der Waals surface area contributed by atoms with E-state index in [0.29, 0.717) is 13.1 Å². The molecule has 0 saturated carbocycles. The molecule has 1 aliphatic rings. The van der Waals surface area contributed by atoms with Crippen LogP contribution < -0.4 is 5.84 Å². The van der Waals surface area contributed by atoms with Gasteiger partial charge in [0.2, 0.25) is 0 Å². The first kappa shape index (κ1) is 6.49. The molecule has 1 fully saturated rings. The Morgan fingerprint density at radius 2 is 2.33 bits per heavy atom. The Balaban J connectivity index is 2.50. The molecule has 2 unspecified atom stereocenters. The van der Waals surface area contributed by atoms with Crippen molar-refractivity contribution in [2.75, 3.05) is 13.1 Å². The van der Waals surface area contributed by atoms with Crippen molar-refractivity contribution in [1.29, 1.82) is 5.26 Å². The summed E-state index contributed by atoms with van der Waals surface area (Å²) < 4.78 is 0. The SMILES string of the molecule is N#CC1CN(N)CC1O. The third-order valence-corrected chi connectivity index (χ3v) is 1.48. The average molecular weight is 127 g/mol. The predicted molar refractivity (Wildman–Crippen MR) is 30.9 cm³/mol. The van der Waals surface area contributed by atoms with Crippen molar-refractivity contribution in [2.45, 2.75) is 6.10 Å². The number of hydrogen-bond donors (Lipinski definition) is 2. The van der Waals surface area contributed by atoms with Gasteiger partial charge in [0.25, 0.3) is 0 Å². The Morgan fingerprint density at radius 1 is 1.67 bits per heavy atom. The lowest BCUT2D eigenvalue weighted by molar-refractivity contribution is 0.159. The quantitative estimate of drug-likeness (QED) is 0.396. The Morgan fingerprint density at radius 3 is 2.56 bits per heavy atom. The van der Waals surface area contributed by atoms with E-state index in [4.69, 9.17) is 16.2 Å². The monoisotopic (exact) mass is 127 g/mol. The van der Waals surface area contributed by atoms with Gasteiger partial charge in [-0.3, -0.25) is 5.84 Å². The first-order valence-electron chi connectivity index (χ1n) is 2.81. The highest BCUT2D eigenvalue weighted by Crippen LogP contribution is 2.11. The van der Waals surface area contributed by atoms with Crippen LogP contribution in [-0.4, -0.2) is 29.3 Å². The first-order valence-corrected chi connectivity index (χ1v) is 2.81. The normalized spacial score (nSPS) is 36.6. The summed E-state index contributed by atoms with van der Waals surface area (Å²) in [4.78, 5) is 0. The molecule has 3 N–H and O–H groups in total. The van der Waals surface area contributed by atoms with Crippen LogP contribution in [0, 0.1) is 17.2 Å². The maximum atomic E-state index is 9.02. The number of rotatable bonds is 0. The minimum atomic E-state index is -0.556. The number of aliphatic hydroxyl groups excluding tert-OH is 1. The van der Waals surface area contributed by atoms with Crippen LogP contribution in [0.1, 0.15) is 0 Å². The maximum Gasteiger partial charge on any atom is 0.0876 e. The molecule has 4 heteroatoms. The Hall–Kier alpha value is -0.630. The van der Waals surface area contributed by atoms with Gasteiger partial charge in [-0.2, -0.15) is 5.26 Å². The minimum Gasteiger partial charge on any atom is -0.390 e. The van der Waals surface area contributed by atoms with E-state index in [1.54, 1.807) is 0 Å². The smallest absolute Gasteiger partial charge is 0.0876 e. The predicted octanol–water partition coefficient (Wildman–Crippen LogP) is -1.32. The molecule has 9 heavy (non-hydrogen) atoms. The maximum absolute atomic E-state index is 9.02. The van der Waals surface area contributed by atoms with Crippen molar-refractivity contribution in [3.8, 4) is 6.07 Å². The third-order valence-electron chi connectivity index (χ3n) is 1.48. The highest BCUT2D eigenvalue weighted by molar-refractivity contribution is 4.95. The van der Waals surface area contributed by atoms with Crippen LogP contribution in [0.2, 0.25) is 0 Å². The molecule has 0 spiro atoms. The summed E-state index contributed by atoms with van der Waals surface area (Å²) in [6.45, 7) is 0.899. The summed E-state index contributed by atoms with van der Waals surface area (Å²) in [5.74, 6) is 5.02. The molecule has 1 rings (SSSR count). The van der Waals surface area contributed by atoms with Gasteiger partial charge in [0, 0.05) is 13.1 Å². The summed E-state index contributed by atoms with van der Waals surface area (Å²) in [6, 6.07) is 1.97. The number of hydrazine groups is 1. The van der Waals surface area contributed by atoms with Gasteiger partial charge < -0.3 is 5.11 Å². The van der Waals surface area contributed by atoms with Crippen molar-refractivity contribution >= 4 is 0 Å². The van der Waals surface area contributed by atoms with E-state index in [2.05, 4.69) is 0 Å². The van der Waals surface area contributed by atoms with E-state index in [0.717, 1.165) is 0 Å². The molecule has 1 heterocycles. The fourth-order valence-corrected chi connectivity index (χ4v) is 0.943. The fraction of sp³-hybridized carbons (Fsp3) is 0.800. The lowest BCUT2D eigenvalue weighted by Gasteiger charge is -2.02. The lowest BCUT2D eigenvalue weighted by Crippen LogP contribution is -2.28. The number of hydrogen-bond acceptors (Lipinski definition) is 4. The van der Waals surface area contributed by atoms with Gasteiger partial charge in [-0.15, -0.1) is 0 Å². The van der Waals surface area contributed by atoms with E-state index in [1.165, 1.54) is 5.01 Å². The number of aliphatic hydroxyl groups is 1. The molecule has 0 aromatic rings. The number of nitrogens with zero attached hydrogens (tertiary/aromatic N) is 2. The standard InChI is InChI=1S/C5H9N3O/c6-1-4-2-8(7)3-5(4)9/h4-5,9H,2-3,7H2. The Labute approximate surface area is 53.4 Å². The second-order valence-corrected chi connectivity index (χ2v) is 2.26. The average Bonchev–Trinajstić information content (AvgIpc) is 2.10. The third kappa shape index (κ3) is 1.19. The molecule has 0 amide bonds. The second-order valence-electron chi connectivity index (χ2n) is 2.26. The molecule has 4 nitrogen and oxygen atoms in total. The van der Waals surface area contributed by atoms with Crippen LogP contribution in [0.4, 0.5) is 0 Å². The van der Waals surface area contributed by atoms with Crippen LogP contribution in [0.3, 0.4) is 0 Å². The van der Waals surface area contributed by atoms with E-state index in [9.17, 15) is 0 Å². The zero-order valence-electron chi connectivity index (χ0n) is 4.99. The minimum absolute atomic E-state index is 0.296. The molecule has 1 aliphatic heterocycles. The molecule has 0 aromatic heterocycles. The fourth-order valence-electron chi connectivity index (χ4n) is 0.943. The summed E-state index contributed by atoms with van der Waals surface area (Å²) in [7, 11) is 0. The van der Waals surface area contributed by atoms with Gasteiger partial charge in [-0.05, 0) is 0 Å². The van der Waals surface area contributed by atoms with Gasteiger partial charge in [0.1, 0.15) is 0 Å². The number of β-amino-alcohol motifs (C(OH)–C–C–N with tert-alkyl or cyclic N) is 1. The molecule has 0 radical (unpaired) electrons. The Kier molecular flexibility index (Phi) is 1.67. The van der Waals surface area contributed by atoms with Crippen molar-refractivity contribution in [3.63, 3.8) is 0 Å². The first-order chi connectivity index (χ1) is 4.24. The summed E-state index contributed by atoms with van der Waals surface area (Å²) in [5, 5.41) is 18.8. The van der Waals surface area contributed by atoms with Crippen molar-refractivity contribution < 1.29 is 5.11 Å². The van der Waals surface area contributed by atoms with E-state index >= 15 is 0 Å². The highest BCUT2D eigenvalue weighted by Gasteiger charge is 2.28. The highest BCUT2D eigenvalue weighted by atomic mass is 16.3. The van der Waals surface area contributed by atoms with Crippen LogP contribution in [0.25, 0.3) is 0 Å². The van der Waals surface area contributed by atoms with Gasteiger partial charge in [-0.25, -0.2) is 5.01 Å². The van der Waals surface area contributed by atoms with Crippen molar-refractivity contribution in [3.05, 3.63) is 0 Å². The zero-order chi connectivity index (χ0) is 6.85.